The van der Waals surface area contributed by atoms with Crippen LogP contribution in [0.5, 0.6) is 0 Å². The molecule has 170 valence electrons. The number of aryl methyl sites for hydroxylation is 1. The van der Waals surface area contributed by atoms with Gasteiger partial charge >= 0.3 is 0 Å². The fourth-order valence-corrected chi connectivity index (χ4v) is 4.62. The van der Waals surface area contributed by atoms with E-state index in [-0.39, 0.29) is 12.0 Å². The number of rotatable bonds is 7. The van der Waals surface area contributed by atoms with E-state index in [1.807, 2.05) is 37.4 Å². The number of carbonyl (C=O) groups is 1. The first kappa shape index (κ1) is 23.0. The summed E-state index contributed by atoms with van der Waals surface area (Å²) in [6.45, 7) is 7.15. The third kappa shape index (κ3) is 6.21. The second-order valence-electron chi connectivity index (χ2n) is 8.18. The van der Waals surface area contributed by atoms with Gasteiger partial charge in [-0.25, -0.2) is 9.97 Å². The third-order valence-electron chi connectivity index (χ3n) is 5.56. The average molecular weight is 461 g/mol. The van der Waals surface area contributed by atoms with Crippen molar-refractivity contribution >= 4 is 29.0 Å². The van der Waals surface area contributed by atoms with E-state index in [1.54, 1.807) is 11.8 Å². The lowest BCUT2D eigenvalue weighted by Gasteiger charge is -2.32. The molecule has 2 aromatic carbocycles. The van der Waals surface area contributed by atoms with Crippen LogP contribution in [-0.4, -0.2) is 40.2 Å². The first-order chi connectivity index (χ1) is 16.0. The van der Waals surface area contributed by atoms with Gasteiger partial charge < -0.3 is 15.3 Å². The minimum Gasteiger partial charge on any atom is -0.391 e. The lowest BCUT2D eigenvalue weighted by molar-refractivity contribution is -0.111. The summed E-state index contributed by atoms with van der Waals surface area (Å²) in [4.78, 5) is 24.0. The van der Waals surface area contributed by atoms with Crippen molar-refractivity contribution in [2.24, 2.45) is 0 Å². The second-order valence-corrected chi connectivity index (χ2v) is 9.24. The summed E-state index contributed by atoms with van der Waals surface area (Å²) in [5, 5.41) is 13.6. The average Bonchev–Trinajstić information content (AvgIpc) is 2.83. The third-order valence-corrected chi connectivity index (χ3v) is 6.67. The highest BCUT2D eigenvalue weighted by atomic mass is 32.2. The van der Waals surface area contributed by atoms with Crippen molar-refractivity contribution in [2.45, 2.75) is 42.2 Å². The highest BCUT2D eigenvalue weighted by Crippen LogP contribution is 2.29. The van der Waals surface area contributed by atoms with Gasteiger partial charge in [-0.3, -0.25) is 4.79 Å². The maximum atomic E-state index is 11.4. The molecule has 1 atom stereocenters. The van der Waals surface area contributed by atoms with Crippen molar-refractivity contribution in [1.29, 1.82) is 0 Å². The van der Waals surface area contributed by atoms with E-state index in [0.29, 0.717) is 13.0 Å². The molecule has 0 spiro atoms. The van der Waals surface area contributed by atoms with E-state index < -0.39 is 0 Å². The van der Waals surface area contributed by atoms with Crippen LogP contribution in [0.4, 0.5) is 11.4 Å². The van der Waals surface area contributed by atoms with Gasteiger partial charge in [-0.15, -0.1) is 0 Å². The number of β-amino-alcohol motifs (C(OH)–C–C–N with tert-alkyl or cyclic N) is 1. The smallest absolute Gasteiger partial charge is 0.247 e. The molecule has 1 unspecified atom stereocenters. The van der Waals surface area contributed by atoms with Crippen LogP contribution < -0.4 is 10.2 Å². The van der Waals surface area contributed by atoms with Crippen LogP contribution in [0.25, 0.3) is 0 Å². The van der Waals surface area contributed by atoms with E-state index in [2.05, 4.69) is 46.0 Å². The summed E-state index contributed by atoms with van der Waals surface area (Å²) in [5.74, 6) is 0.548. The summed E-state index contributed by atoms with van der Waals surface area (Å²) < 4.78 is 0. The Morgan fingerprint density at radius 3 is 2.70 bits per heavy atom. The molecule has 3 aromatic rings. The maximum absolute atomic E-state index is 11.4. The number of aliphatic hydroxyl groups excluding tert-OH is 1. The fraction of sp³-hybridized carbons (Fsp3) is 0.269. The Labute approximate surface area is 198 Å². The monoisotopic (exact) mass is 460 g/mol. The van der Waals surface area contributed by atoms with Crippen molar-refractivity contribution in [3.05, 3.63) is 84.3 Å². The van der Waals surface area contributed by atoms with Crippen molar-refractivity contribution in [2.75, 3.05) is 23.3 Å². The first-order valence-corrected chi connectivity index (χ1v) is 11.9. The van der Waals surface area contributed by atoms with Crippen LogP contribution >= 0.6 is 11.8 Å². The Kier molecular flexibility index (Phi) is 7.42. The second kappa shape index (κ2) is 10.6. The topological polar surface area (TPSA) is 78.4 Å². The zero-order chi connectivity index (χ0) is 23.2. The van der Waals surface area contributed by atoms with Gasteiger partial charge in [0.2, 0.25) is 5.91 Å². The van der Waals surface area contributed by atoms with E-state index in [9.17, 15) is 9.90 Å². The number of aromatic nitrogens is 2. The summed E-state index contributed by atoms with van der Waals surface area (Å²) in [6, 6.07) is 16.1. The highest BCUT2D eigenvalue weighted by Gasteiger charge is 2.17. The van der Waals surface area contributed by atoms with Crippen LogP contribution in [0.2, 0.25) is 0 Å². The fourth-order valence-electron chi connectivity index (χ4n) is 3.76. The summed E-state index contributed by atoms with van der Waals surface area (Å²) in [7, 11) is 0. The summed E-state index contributed by atoms with van der Waals surface area (Å²) >= 11 is 1.58. The number of nitrogens with one attached hydrogen (secondary N) is 1. The molecule has 1 fully saturated rings. The molecule has 1 aromatic heterocycles. The van der Waals surface area contributed by atoms with E-state index in [4.69, 9.17) is 4.98 Å². The lowest BCUT2D eigenvalue weighted by atomic mass is 10.1. The van der Waals surface area contributed by atoms with Crippen molar-refractivity contribution in [3.8, 4) is 0 Å². The van der Waals surface area contributed by atoms with Crippen LogP contribution in [0.15, 0.2) is 77.3 Å². The SMILES string of the molecule is C=CC(=O)Nc1ccc(Sc2nc(Cc3ccc(N4CCCC(O)C4)cc3)ncc2C)cc1. The van der Waals surface area contributed by atoms with Crippen molar-refractivity contribution in [1.82, 2.24) is 9.97 Å². The van der Waals surface area contributed by atoms with Crippen LogP contribution in [-0.2, 0) is 11.2 Å². The lowest BCUT2D eigenvalue weighted by Crippen LogP contribution is -2.38. The molecular weight excluding hydrogens is 432 g/mol. The Bertz CT molecular complexity index is 1120. The molecule has 7 heteroatoms. The van der Waals surface area contributed by atoms with Gasteiger partial charge in [0.1, 0.15) is 10.9 Å². The molecule has 0 radical (unpaired) electrons. The molecule has 1 aliphatic rings. The first-order valence-electron chi connectivity index (χ1n) is 11.1. The van der Waals surface area contributed by atoms with E-state index in [0.717, 1.165) is 57.6 Å². The Morgan fingerprint density at radius 1 is 1.24 bits per heavy atom. The zero-order valence-corrected chi connectivity index (χ0v) is 19.5. The standard InChI is InChI=1S/C26H28N4O2S/c1-3-25(32)28-20-8-12-23(13-9-20)33-26-18(2)16-27-24(29-26)15-19-6-10-21(11-7-19)30-14-4-5-22(31)17-30/h3,6-13,16,22,31H,1,4-5,14-15,17H2,2H3,(H,28,32). The zero-order valence-electron chi connectivity index (χ0n) is 18.7. The van der Waals surface area contributed by atoms with Gasteiger partial charge in [0.05, 0.1) is 6.10 Å². The molecule has 0 bridgehead atoms. The molecule has 0 saturated carbocycles. The number of piperidine rings is 1. The largest absolute Gasteiger partial charge is 0.391 e. The molecule has 1 saturated heterocycles. The van der Waals surface area contributed by atoms with E-state index in [1.165, 1.54) is 6.08 Å². The summed E-state index contributed by atoms with van der Waals surface area (Å²) in [5.41, 5.74) is 4.04. The normalized spacial score (nSPS) is 15.8. The molecule has 1 aliphatic heterocycles. The number of nitrogens with zero attached hydrogens (tertiary/aromatic N) is 3. The van der Waals surface area contributed by atoms with Gasteiger partial charge in [-0.2, -0.15) is 0 Å². The molecule has 6 nitrogen and oxygen atoms in total. The van der Waals surface area contributed by atoms with Gasteiger partial charge in [-0.1, -0.05) is 30.5 Å². The predicted molar refractivity (Wildman–Crippen MR) is 133 cm³/mol. The number of anilines is 2. The van der Waals surface area contributed by atoms with E-state index >= 15 is 0 Å². The van der Waals surface area contributed by atoms with Crippen LogP contribution in [0.3, 0.4) is 0 Å². The molecule has 33 heavy (non-hydrogen) atoms. The van der Waals surface area contributed by atoms with Crippen LogP contribution in [0.1, 0.15) is 29.8 Å². The number of aliphatic hydroxyl groups is 1. The predicted octanol–water partition coefficient (Wildman–Crippen LogP) is 4.61. The van der Waals surface area contributed by atoms with Gasteiger partial charge in [0.25, 0.3) is 0 Å². The van der Waals surface area contributed by atoms with Crippen molar-refractivity contribution < 1.29 is 9.90 Å². The Hall–Kier alpha value is -3.16. The molecule has 0 aliphatic carbocycles. The maximum Gasteiger partial charge on any atom is 0.247 e. The number of hydrogen-bond acceptors (Lipinski definition) is 6. The molecule has 2 N–H and O–H groups in total. The molecular formula is C26H28N4O2S. The number of hydrogen-bond donors (Lipinski definition) is 2. The van der Waals surface area contributed by atoms with Gasteiger partial charge in [0.15, 0.2) is 0 Å². The van der Waals surface area contributed by atoms with Gasteiger partial charge in [-0.05, 0) is 73.4 Å². The minimum absolute atomic E-state index is 0.228. The molecule has 1 amide bonds. The highest BCUT2D eigenvalue weighted by molar-refractivity contribution is 7.99. The van der Waals surface area contributed by atoms with Crippen molar-refractivity contribution in [3.63, 3.8) is 0 Å². The summed E-state index contributed by atoms with van der Waals surface area (Å²) in [6.07, 6.45) is 5.44. The molecule has 2 heterocycles. The number of amides is 1. The van der Waals surface area contributed by atoms with Crippen LogP contribution in [0, 0.1) is 6.92 Å². The minimum atomic E-state index is -0.239. The number of benzene rings is 2. The molecule has 4 rings (SSSR count). The Morgan fingerprint density at radius 2 is 2.00 bits per heavy atom. The quantitative estimate of drug-likeness (QED) is 0.396. The Balaban J connectivity index is 1.42. The van der Waals surface area contributed by atoms with Gasteiger partial charge in [0, 0.05) is 42.0 Å². The number of carbonyl (C=O) groups excluding carboxylic acids is 1.